The van der Waals surface area contributed by atoms with E-state index in [1.54, 1.807) is 24.1 Å². The van der Waals surface area contributed by atoms with Crippen molar-refractivity contribution in [2.45, 2.75) is 51.0 Å². The zero-order chi connectivity index (χ0) is 19.0. The fraction of sp³-hybridized carbons (Fsp3) is 0.571. The lowest BCUT2D eigenvalue weighted by Gasteiger charge is -2.31. The fourth-order valence-corrected chi connectivity index (χ4v) is 4.58. The summed E-state index contributed by atoms with van der Waals surface area (Å²) >= 11 is 0. The van der Waals surface area contributed by atoms with Crippen molar-refractivity contribution in [2.75, 3.05) is 25.5 Å². The van der Waals surface area contributed by atoms with Gasteiger partial charge < -0.3 is 15.1 Å². The highest BCUT2D eigenvalue weighted by Gasteiger charge is 2.38. The average Bonchev–Trinajstić information content (AvgIpc) is 3.07. The third kappa shape index (κ3) is 3.57. The van der Waals surface area contributed by atoms with Crippen LogP contribution in [-0.2, 0) is 16.0 Å². The van der Waals surface area contributed by atoms with Crippen molar-refractivity contribution in [1.82, 2.24) is 9.80 Å². The molecule has 1 N–H and O–H groups in total. The number of likely N-dealkylation sites (N-methyl/N-ethyl adjacent to an activating group) is 1. The SMILES string of the molecule is CN1CCc2cc(NC(=O)C3CC(=O)N(C4CCCCC4)C3)ccc2C1=O. The Morgan fingerprint density at radius 3 is 2.70 bits per heavy atom. The van der Waals surface area contributed by atoms with Crippen molar-refractivity contribution in [3.05, 3.63) is 29.3 Å². The molecule has 1 saturated heterocycles. The molecule has 1 aromatic carbocycles. The third-order valence-electron chi connectivity index (χ3n) is 6.21. The van der Waals surface area contributed by atoms with E-state index in [0.717, 1.165) is 24.8 Å². The lowest BCUT2D eigenvalue weighted by molar-refractivity contribution is -0.130. The summed E-state index contributed by atoms with van der Waals surface area (Å²) in [6.45, 7) is 1.22. The van der Waals surface area contributed by atoms with E-state index in [1.165, 1.54) is 19.3 Å². The van der Waals surface area contributed by atoms with Gasteiger partial charge in [-0.1, -0.05) is 19.3 Å². The number of likely N-dealkylation sites (tertiary alicyclic amines) is 1. The summed E-state index contributed by atoms with van der Waals surface area (Å²) in [5.74, 6) is -0.246. The first-order chi connectivity index (χ1) is 13.0. The maximum absolute atomic E-state index is 12.7. The number of carbonyl (C=O) groups excluding carboxylic acids is 3. The molecule has 1 atom stereocenters. The summed E-state index contributed by atoms with van der Waals surface area (Å²) in [5.41, 5.74) is 2.39. The molecule has 0 bridgehead atoms. The predicted molar refractivity (Wildman–Crippen MR) is 102 cm³/mol. The van der Waals surface area contributed by atoms with E-state index in [-0.39, 0.29) is 23.6 Å². The van der Waals surface area contributed by atoms with Gasteiger partial charge in [0.25, 0.3) is 5.91 Å². The Labute approximate surface area is 159 Å². The Kier molecular flexibility index (Phi) is 4.89. The topological polar surface area (TPSA) is 69.7 Å². The van der Waals surface area contributed by atoms with Crippen LogP contribution in [-0.4, -0.2) is 53.7 Å². The zero-order valence-electron chi connectivity index (χ0n) is 15.9. The van der Waals surface area contributed by atoms with Gasteiger partial charge in [-0.15, -0.1) is 0 Å². The maximum Gasteiger partial charge on any atom is 0.253 e. The highest BCUT2D eigenvalue weighted by atomic mass is 16.2. The first-order valence-electron chi connectivity index (χ1n) is 10.0. The quantitative estimate of drug-likeness (QED) is 0.890. The maximum atomic E-state index is 12.7. The number of hydrogen-bond acceptors (Lipinski definition) is 3. The first-order valence-corrected chi connectivity index (χ1v) is 10.0. The van der Waals surface area contributed by atoms with Crippen molar-refractivity contribution in [2.24, 2.45) is 5.92 Å². The average molecular weight is 369 g/mol. The van der Waals surface area contributed by atoms with Crippen LogP contribution in [0.25, 0.3) is 0 Å². The molecule has 3 amide bonds. The van der Waals surface area contributed by atoms with Crippen molar-refractivity contribution >= 4 is 23.4 Å². The van der Waals surface area contributed by atoms with Gasteiger partial charge in [-0.2, -0.15) is 0 Å². The summed E-state index contributed by atoms with van der Waals surface area (Å²) in [6, 6.07) is 5.78. The van der Waals surface area contributed by atoms with E-state index < -0.39 is 0 Å². The molecule has 0 aromatic heterocycles. The molecule has 4 rings (SSSR count). The fourth-order valence-electron chi connectivity index (χ4n) is 4.58. The molecule has 1 aliphatic carbocycles. The molecule has 6 nitrogen and oxygen atoms in total. The smallest absolute Gasteiger partial charge is 0.253 e. The number of carbonyl (C=O) groups is 3. The number of hydrogen-bond donors (Lipinski definition) is 1. The van der Waals surface area contributed by atoms with Crippen molar-refractivity contribution < 1.29 is 14.4 Å². The second-order valence-electron chi connectivity index (χ2n) is 8.08. The molecule has 2 fully saturated rings. The third-order valence-corrected chi connectivity index (χ3v) is 6.21. The molecular formula is C21H27N3O3. The summed E-state index contributed by atoms with van der Waals surface area (Å²) in [4.78, 5) is 40.9. The minimum absolute atomic E-state index is 0.0265. The summed E-state index contributed by atoms with van der Waals surface area (Å²) in [5, 5.41) is 2.96. The molecule has 1 aromatic rings. The molecule has 3 aliphatic rings. The highest BCUT2D eigenvalue weighted by Crippen LogP contribution is 2.29. The van der Waals surface area contributed by atoms with Gasteiger partial charge >= 0.3 is 0 Å². The van der Waals surface area contributed by atoms with Crippen LogP contribution < -0.4 is 5.32 Å². The number of fused-ring (bicyclic) bond motifs is 1. The van der Waals surface area contributed by atoms with Crippen molar-refractivity contribution in [3.63, 3.8) is 0 Å². The van der Waals surface area contributed by atoms with Gasteiger partial charge in [-0.25, -0.2) is 0 Å². The van der Waals surface area contributed by atoms with Crippen LogP contribution >= 0.6 is 0 Å². The Morgan fingerprint density at radius 1 is 1.15 bits per heavy atom. The Bertz CT molecular complexity index is 770. The van der Waals surface area contributed by atoms with Crippen LogP contribution in [0.2, 0.25) is 0 Å². The van der Waals surface area contributed by atoms with Crippen molar-refractivity contribution in [3.8, 4) is 0 Å². The molecular weight excluding hydrogens is 342 g/mol. The Morgan fingerprint density at radius 2 is 1.93 bits per heavy atom. The summed E-state index contributed by atoms with van der Waals surface area (Å²) < 4.78 is 0. The van der Waals surface area contributed by atoms with Crippen LogP contribution in [0.5, 0.6) is 0 Å². The summed E-state index contributed by atoms with van der Waals surface area (Å²) in [7, 11) is 1.80. The largest absolute Gasteiger partial charge is 0.341 e. The molecule has 2 heterocycles. The lowest BCUT2D eigenvalue weighted by atomic mass is 9.94. The molecule has 0 spiro atoms. The van der Waals surface area contributed by atoms with Crippen LogP contribution in [0.1, 0.15) is 54.4 Å². The molecule has 1 saturated carbocycles. The number of amides is 3. The van der Waals surface area contributed by atoms with E-state index in [9.17, 15) is 14.4 Å². The van der Waals surface area contributed by atoms with Crippen LogP contribution in [0.3, 0.4) is 0 Å². The summed E-state index contributed by atoms with van der Waals surface area (Å²) in [6.07, 6.45) is 6.82. The molecule has 27 heavy (non-hydrogen) atoms. The number of rotatable bonds is 3. The normalized spacial score (nSPS) is 23.5. The standard InChI is InChI=1S/C21H27N3O3/c1-23-10-9-14-11-16(7-8-18(14)21(23)27)22-20(26)15-12-19(25)24(13-15)17-5-3-2-4-6-17/h7-8,11,15,17H,2-6,9-10,12-13H2,1H3,(H,22,26). The highest BCUT2D eigenvalue weighted by molar-refractivity contribution is 5.99. The second-order valence-corrected chi connectivity index (χ2v) is 8.08. The van der Waals surface area contributed by atoms with Gasteiger partial charge in [0.15, 0.2) is 0 Å². The molecule has 2 aliphatic heterocycles. The molecule has 6 heteroatoms. The van der Waals surface area contributed by atoms with E-state index in [4.69, 9.17) is 0 Å². The number of benzene rings is 1. The first kappa shape index (κ1) is 18.0. The van der Waals surface area contributed by atoms with Crippen LogP contribution in [0.4, 0.5) is 5.69 Å². The molecule has 144 valence electrons. The van der Waals surface area contributed by atoms with Crippen LogP contribution in [0, 0.1) is 5.92 Å². The van der Waals surface area contributed by atoms with Crippen molar-refractivity contribution in [1.29, 1.82) is 0 Å². The van der Waals surface area contributed by atoms with Gasteiger partial charge in [0.2, 0.25) is 11.8 Å². The molecule has 0 radical (unpaired) electrons. The Balaban J connectivity index is 1.41. The second kappa shape index (κ2) is 7.33. The lowest BCUT2D eigenvalue weighted by Crippen LogP contribution is -2.38. The number of anilines is 1. The minimum atomic E-state index is -0.289. The predicted octanol–water partition coefficient (Wildman–Crippen LogP) is 2.43. The van der Waals surface area contributed by atoms with E-state index in [1.807, 2.05) is 11.0 Å². The van der Waals surface area contributed by atoms with Crippen LogP contribution in [0.15, 0.2) is 18.2 Å². The molecule has 1 unspecified atom stereocenters. The van der Waals surface area contributed by atoms with Gasteiger partial charge in [-0.05, 0) is 43.0 Å². The van der Waals surface area contributed by atoms with Gasteiger partial charge in [0.1, 0.15) is 0 Å². The monoisotopic (exact) mass is 369 g/mol. The van der Waals surface area contributed by atoms with Gasteiger partial charge in [-0.3, -0.25) is 14.4 Å². The van der Waals surface area contributed by atoms with E-state index in [2.05, 4.69) is 5.32 Å². The van der Waals surface area contributed by atoms with E-state index in [0.29, 0.717) is 36.8 Å². The number of nitrogens with one attached hydrogen (secondary N) is 1. The van der Waals surface area contributed by atoms with Gasteiger partial charge in [0.05, 0.1) is 5.92 Å². The Hall–Kier alpha value is -2.37. The van der Waals surface area contributed by atoms with E-state index >= 15 is 0 Å². The van der Waals surface area contributed by atoms with Gasteiger partial charge in [0, 0.05) is 43.9 Å². The number of nitrogens with zero attached hydrogens (tertiary/aromatic N) is 2. The minimum Gasteiger partial charge on any atom is -0.341 e. The zero-order valence-corrected chi connectivity index (χ0v) is 15.9.